The number of amides is 1. The van der Waals surface area contributed by atoms with Gasteiger partial charge in [-0.3, -0.25) is 4.79 Å². The minimum atomic E-state index is -3.81. The Bertz CT molecular complexity index is 838. The summed E-state index contributed by atoms with van der Waals surface area (Å²) in [4.78, 5) is 12.2. The molecule has 2 N–H and O–H groups in total. The Kier molecular flexibility index (Phi) is 6.41. The summed E-state index contributed by atoms with van der Waals surface area (Å²) in [6.45, 7) is 1.74. The van der Waals surface area contributed by atoms with Crippen LogP contribution >= 0.6 is 11.6 Å². The second-order valence-corrected chi connectivity index (χ2v) is 7.52. The zero-order valence-corrected chi connectivity index (χ0v) is 15.4. The molecule has 0 unspecified atom stereocenters. The first-order chi connectivity index (χ1) is 11.8. The molecule has 1 atom stereocenters. The lowest BCUT2D eigenvalue weighted by Crippen LogP contribution is -2.44. The van der Waals surface area contributed by atoms with Crippen molar-refractivity contribution in [1.82, 2.24) is 10.0 Å². The van der Waals surface area contributed by atoms with Crippen LogP contribution in [0.5, 0.6) is 5.75 Å². The Morgan fingerprint density at radius 3 is 2.48 bits per heavy atom. The standard InChI is InChI=1S/C17H19ClN2O4S/c1-12(17(21)19-11-13-4-3-5-14(18)10-13)20-25(22,23)16-8-6-15(24-2)7-9-16/h3-10,12,20H,11H2,1-2H3,(H,19,21)/t12-/m0/s1. The number of methoxy groups -OCH3 is 1. The summed E-state index contributed by atoms with van der Waals surface area (Å²) in [6.07, 6.45) is 0. The van der Waals surface area contributed by atoms with Crippen LogP contribution in [0.3, 0.4) is 0 Å². The van der Waals surface area contributed by atoms with Gasteiger partial charge in [-0.15, -0.1) is 0 Å². The monoisotopic (exact) mass is 382 g/mol. The van der Waals surface area contributed by atoms with E-state index >= 15 is 0 Å². The molecule has 0 bridgehead atoms. The van der Waals surface area contributed by atoms with E-state index in [1.807, 2.05) is 6.07 Å². The average Bonchev–Trinajstić information content (AvgIpc) is 2.59. The van der Waals surface area contributed by atoms with E-state index in [1.165, 1.54) is 26.2 Å². The van der Waals surface area contributed by atoms with Crippen LogP contribution in [0.2, 0.25) is 5.02 Å². The molecule has 0 aliphatic heterocycles. The molecule has 0 aromatic heterocycles. The molecule has 2 aromatic rings. The van der Waals surface area contributed by atoms with Gasteiger partial charge in [0.05, 0.1) is 18.0 Å². The van der Waals surface area contributed by atoms with Crippen LogP contribution in [0, 0.1) is 0 Å². The first kappa shape index (κ1) is 19.2. The first-order valence-corrected chi connectivity index (χ1v) is 9.36. The van der Waals surface area contributed by atoms with Crippen molar-refractivity contribution in [2.45, 2.75) is 24.4 Å². The third-order valence-corrected chi connectivity index (χ3v) is 5.24. The van der Waals surface area contributed by atoms with Gasteiger partial charge in [0.25, 0.3) is 0 Å². The molecule has 134 valence electrons. The summed E-state index contributed by atoms with van der Waals surface area (Å²) >= 11 is 5.89. The zero-order valence-electron chi connectivity index (χ0n) is 13.8. The van der Waals surface area contributed by atoms with Crippen molar-refractivity contribution >= 4 is 27.5 Å². The highest BCUT2D eigenvalue weighted by Crippen LogP contribution is 2.15. The molecular formula is C17H19ClN2O4S. The van der Waals surface area contributed by atoms with Crippen molar-refractivity contribution in [2.24, 2.45) is 0 Å². The summed E-state index contributed by atoms with van der Waals surface area (Å²) in [7, 11) is -2.31. The van der Waals surface area contributed by atoms with E-state index in [0.29, 0.717) is 10.8 Å². The highest BCUT2D eigenvalue weighted by Gasteiger charge is 2.21. The van der Waals surface area contributed by atoms with Crippen LogP contribution in [0.1, 0.15) is 12.5 Å². The van der Waals surface area contributed by atoms with Gasteiger partial charge in [0, 0.05) is 11.6 Å². The Morgan fingerprint density at radius 1 is 1.20 bits per heavy atom. The maximum absolute atomic E-state index is 12.3. The molecule has 0 aliphatic carbocycles. The fraction of sp³-hybridized carbons (Fsp3) is 0.235. The Labute approximate surface area is 152 Å². The molecular weight excluding hydrogens is 364 g/mol. The van der Waals surface area contributed by atoms with Gasteiger partial charge in [0.15, 0.2) is 0 Å². The third-order valence-electron chi connectivity index (χ3n) is 3.45. The number of benzene rings is 2. The number of halogens is 1. The minimum absolute atomic E-state index is 0.0581. The van der Waals surface area contributed by atoms with Crippen molar-refractivity contribution in [3.8, 4) is 5.75 Å². The highest BCUT2D eigenvalue weighted by atomic mass is 35.5. The van der Waals surface area contributed by atoms with E-state index in [4.69, 9.17) is 16.3 Å². The van der Waals surface area contributed by atoms with Gasteiger partial charge in [-0.25, -0.2) is 8.42 Å². The van der Waals surface area contributed by atoms with Crippen molar-refractivity contribution in [3.05, 3.63) is 59.1 Å². The van der Waals surface area contributed by atoms with Gasteiger partial charge in [-0.1, -0.05) is 23.7 Å². The summed E-state index contributed by atoms with van der Waals surface area (Å²) in [5, 5.41) is 3.24. The number of hydrogen-bond acceptors (Lipinski definition) is 4. The van der Waals surface area contributed by atoms with E-state index in [-0.39, 0.29) is 11.4 Å². The van der Waals surface area contributed by atoms with Gasteiger partial charge in [0.1, 0.15) is 5.75 Å². The quantitative estimate of drug-likeness (QED) is 0.769. The largest absolute Gasteiger partial charge is 0.497 e. The Balaban J connectivity index is 1.96. The van der Waals surface area contributed by atoms with Crippen LogP contribution < -0.4 is 14.8 Å². The number of carbonyl (C=O) groups excluding carboxylic acids is 1. The van der Waals surface area contributed by atoms with Crippen molar-refractivity contribution in [1.29, 1.82) is 0 Å². The predicted octanol–water partition coefficient (Wildman–Crippen LogP) is 2.33. The van der Waals surface area contributed by atoms with E-state index in [0.717, 1.165) is 5.56 Å². The molecule has 25 heavy (non-hydrogen) atoms. The maximum atomic E-state index is 12.3. The average molecular weight is 383 g/mol. The lowest BCUT2D eigenvalue weighted by atomic mass is 10.2. The molecule has 6 nitrogen and oxygen atoms in total. The second kappa shape index (κ2) is 8.33. The maximum Gasteiger partial charge on any atom is 0.241 e. The van der Waals surface area contributed by atoms with Gasteiger partial charge in [-0.05, 0) is 48.9 Å². The van der Waals surface area contributed by atoms with Crippen LogP contribution in [0.25, 0.3) is 0 Å². The van der Waals surface area contributed by atoms with E-state index in [2.05, 4.69) is 10.0 Å². The van der Waals surface area contributed by atoms with E-state index in [1.54, 1.807) is 30.3 Å². The van der Waals surface area contributed by atoms with Gasteiger partial charge < -0.3 is 10.1 Å². The van der Waals surface area contributed by atoms with Crippen LogP contribution in [-0.2, 0) is 21.4 Å². The lowest BCUT2D eigenvalue weighted by molar-refractivity contribution is -0.122. The number of carbonyl (C=O) groups is 1. The summed E-state index contributed by atoms with van der Waals surface area (Å²) in [6, 6.07) is 12.0. The Morgan fingerprint density at radius 2 is 1.88 bits per heavy atom. The van der Waals surface area contributed by atoms with Crippen molar-refractivity contribution in [3.63, 3.8) is 0 Å². The zero-order chi connectivity index (χ0) is 18.4. The highest BCUT2D eigenvalue weighted by molar-refractivity contribution is 7.89. The summed E-state index contributed by atoms with van der Waals surface area (Å²) in [5.74, 6) is 0.114. The number of rotatable bonds is 7. The molecule has 2 rings (SSSR count). The Hall–Kier alpha value is -2.09. The van der Waals surface area contributed by atoms with Crippen LogP contribution in [0.4, 0.5) is 0 Å². The van der Waals surface area contributed by atoms with Crippen molar-refractivity contribution < 1.29 is 17.9 Å². The first-order valence-electron chi connectivity index (χ1n) is 7.50. The molecule has 0 aliphatic rings. The third kappa shape index (κ3) is 5.45. The van der Waals surface area contributed by atoms with Crippen LogP contribution in [0.15, 0.2) is 53.4 Å². The van der Waals surface area contributed by atoms with Gasteiger partial charge in [-0.2, -0.15) is 4.72 Å². The van der Waals surface area contributed by atoms with Crippen LogP contribution in [-0.4, -0.2) is 27.5 Å². The topological polar surface area (TPSA) is 84.5 Å². The fourth-order valence-electron chi connectivity index (χ4n) is 2.10. The van der Waals surface area contributed by atoms with Gasteiger partial charge in [0.2, 0.25) is 15.9 Å². The lowest BCUT2D eigenvalue weighted by Gasteiger charge is -2.15. The molecule has 8 heteroatoms. The molecule has 0 spiro atoms. The van der Waals surface area contributed by atoms with E-state index in [9.17, 15) is 13.2 Å². The predicted molar refractivity (Wildman–Crippen MR) is 96.1 cm³/mol. The molecule has 0 radical (unpaired) electrons. The minimum Gasteiger partial charge on any atom is -0.497 e. The summed E-state index contributed by atoms with van der Waals surface area (Å²) in [5.41, 5.74) is 0.825. The number of ether oxygens (including phenoxy) is 1. The molecule has 2 aromatic carbocycles. The number of sulfonamides is 1. The normalized spacial score (nSPS) is 12.4. The fourth-order valence-corrected chi connectivity index (χ4v) is 3.51. The van der Waals surface area contributed by atoms with E-state index < -0.39 is 22.0 Å². The SMILES string of the molecule is COc1ccc(S(=O)(=O)N[C@@H](C)C(=O)NCc2cccc(Cl)c2)cc1. The van der Waals surface area contributed by atoms with Crippen molar-refractivity contribution in [2.75, 3.05) is 7.11 Å². The molecule has 1 amide bonds. The number of hydrogen-bond donors (Lipinski definition) is 2. The molecule has 0 saturated carbocycles. The smallest absolute Gasteiger partial charge is 0.241 e. The summed E-state index contributed by atoms with van der Waals surface area (Å²) < 4.78 is 32.0. The second-order valence-electron chi connectivity index (χ2n) is 5.37. The number of nitrogens with one attached hydrogen (secondary N) is 2. The molecule has 0 heterocycles. The van der Waals surface area contributed by atoms with Gasteiger partial charge >= 0.3 is 0 Å². The molecule has 0 saturated heterocycles. The molecule has 0 fully saturated rings.